The molecule has 2 aliphatic rings. The van der Waals surface area contributed by atoms with Crippen molar-refractivity contribution in [3.8, 4) is 0 Å². The second-order valence-corrected chi connectivity index (χ2v) is 7.68. The number of para-hydroxylation sites is 1. The van der Waals surface area contributed by atoms with Crippen LogP contribution in [0.3, 0.4) is 0 Å². The number of nitrogens with zero attached hydrogens (tertiary/aromatic N) is 4. The van der Waals surface area contributed by atoms with E-state index < -0.39 is 0 Å². The van der Waals surface area contributed by atoms with Crippen molar-refractivity contribution in [2.24, 2.45) is 4.99 Å². The van der Waals surface area contributed by atoms with Crippen LogP contribution in [0.2, 0.25) is 0 Å². The van der Waals surface area contributed by atoms with Crippen LogP contribution >= 0.6 is 11.3 Å². The Kier molecular flexibility index (Phi) is 5.29. The van der Waals surface area contributed by atoms with E-state index in [0.29, 0.717) is 19.5 Å². The van der Waals surface area contributed by atoms with Gasteiger partial charge in [0.25, 0.3) is 0 Å². The van der Waals surface area contributed by atoms with Gasteiger partial charge in [-0.15, -0.1) is 11.3 Å². The van der Waals surface area contributed by atoms with Gasteiger partial charge in [0, 0.05) is 52.0 Å². The lowest BCUT2D eigenvalue weighted by Crippen LogP contribution is -2.53. The minimum absolute atomic E-state index is 0.178. The molecule has 1 fully saturated rings. The number of carbonyl (C=O) groups excluding carboxylic acids is 1. The van der Waals surface area contributed by atoms with Crippen molar-refractivity contribution in [2.75, 3.05) is 56.1 Å². The fourth-order valence-corrected chi connectivity index (χ4v) is 4.55. The average Bonchev–Trinajstić information content (AvgIpc) is 3.34. The van der Waals surface area contributed by atoms with Gasteiger partial charge in [-0.2, -0.15) is 0 Å². The molecular weight excluding hydrogens is 358 g/mol. The van der Waals surface area contributed by atoms with Crippen molar-refractivity contribution < 1.29 is 4.79 Å². The van der Waals surface area contributed by atoms with Crippen LogP contribution in [-0.4, -0.2) is 63.1 Å². The van der Waals surface area contributed by atoms with Gasteiger partial charge in [-0.25, -0.2) is 0 Å². The van der Waals surface area contributed by atoms with Crippen molar-refractivity contribution in [2.45, 2.75) is 6.42 Å². The third-order valence-electron chi connectivity index (χ3n) is 5.15. The number of hydrogen-bond donors (Lipinski definition) is 1. The molecule has 2 aromatic rings. The lowest BCUT2D eigenvalue weighted by atomic mass is 10.2. The maximum Gasteiger partial charge on any atom is 0.231 e. The van der Waals surface area contributed by atoms with Gasteiger partial charge >= 0.3 is 0 Å². The smallest absolute Gasteiger partial charge is 0.231 e. The highest BCUT2D eigenvalue weighted by Gasteiger charge is 2.26. The second kappa shape index (κ2) is 8.00. The first kappa shape index (κ1) is 17.9. The van der Waals surface area contributed by atoms with Crippen molar-refractivity contribution >= 4 is 33.9 Å². The first-order chi connectivity index (χ1) is 13.3. The van der Waals surface area contributed by atoms with Crippen LogP contribution in [0, 0.1) is 0 Å². The molecule has 27 heavy (non-hydrogen) atoms. The number of rotatable bonds is 4. The molecule has 0 atom stereocenters. The lowest BCUT2D eigenvalue weighted by Gasteiger charge is -2.37. The van der Waals surface area contributed by atoms with E-state index in [1.165, 1.54) is 5.00 Å². The van der Waals surface area contributed by atoms with Gasteiger partial charge in [-0.05, 0) is 29.1 Å². The number of piperazine rings is 1. The van der Waals surface area contributed by atoms with E-state index in [4.69, 9.17) is 0 Å². The van der Waals surface area contributed by atoms with E-state index in [1.807, 2.05) is 36.2 Å². The summed E-state index contributed by atoms with van der Waals surface area (Å²) in [5.74, 6) is 1.10. The SMILES string of the molecule is CN=C(NCCN1C(=O)Cc2ccccc21)N1CCN(c2cccs2)CC1. The highest BCUT2D eigenvalue weighted by atomic mass is 32.1. The van der Waals surface area contributed by atoms with Gasteiger partial charge in [-0.1, -0.05) is 18.2 Å². The maximum absolute atomic E-state index is 12.3. The summed E-state index contributed by atoms with van der Waals surface area (Å²) in [7, 11) is 1.82. The predicted octanol–water partition coefficient (Wildman–Crippen LogP) is 2.03. The molecule has 0 bridgehead atoms. The molecule has 142 valence electrons. The molecule has 0 aliphatic carbocycles. The van der Waals surface area contributed by atoms with E-state index in [2.05, 4.69) is 37.6 Å². The van der Waals surface area contributed by atoms with Gasteiger partial charge in [0.15, 0.2) is 5.96 Å². The van der Waals surface area contributed by atoms with Gasteiger partial charge in [0.05, 0.1) is 11.4 Å². The van der Waals surface area contributed by atoms with E-state index in [-0.39, 0.29) is 5.91 Å². The summed E-state index contributed by atoms with van der Waals surface area (Å²) >= 11 is 1.79. The minimum atomic E-state index is 0.178. The molecule has 7 heteroatoms. The number of amides is 1. The van der Waals surface area contributed by atoms with Gasteiger partial charge in [-0.3, -0.25) is 9.79 Å². The van der Waals surface area contributed by atoms with Crippen LogP contribution in [0.5, 0.6) is 0 Å². The van der Waals surface area contributed by atoms with Crippen LogP contribution in [-0.2, 0) is 11.2 Å². The zero-order valence-corrected chi connectivity index (χ0v) is 16.4. The minimum Gasteiger partial charge on any atom is -0.360 e. The Balaban J connectivity index is 1.29. The summed E-state index contributed by atoms with van der Waals surface area (Å²) in [5, 5.41) is 6.89. The normalized spacial score (nSPS) is 17.4. The molecule has 0 saturated carbocycles. The first-order valence-corrected chi connectivity index (χ1v) is 10.3. The molecule has 1 aromatic carbocycles. The number of guanidine groups is 1. The average molecular weight is 384 g/mol. The van der Waals surface area contributed by atoms with Crippen LogP contribution in [0.25, 0.3) is 0 Å². The summed E-state index contributed by atoms with van der Waals surface area (Å²) in [6.45, 7) is 5.24. The van der Waals surface area contributed by atoms with E-state index in [0.717, 1.165) is 43.4 Å². The largest absolute Gasteiger partial charge is 0.360 e. The van der Waals surface area contributed by atoms with Crippen molar-refractivity contribution in [1.82, 2.24) is 10.2 Å². The molecule has 1 aromatic heterocycles. The van der Waals surface area contributed by atoms with Crippen molar-refractivity contribution in [3.05, 3.63) is 47.3 Å². The van der Waals surface area contributed by atoms with Crippen LogP contribution < -0.4 is 15.1 Å². The van der Waals surface area contributed by atoms with E-state index >= 15 is 0 Å². The molecule has 6 nitrogen and oxygen atoms in total. The molecular formula is C20H25N5OS. The van der Waals surface area contributed by atoms with Gasteiger partial charge < -0.3 is 20.0 Å². The summed E-state index contributed by atoms with van der Waals surface area (Å²) in [6, 6.07) is 12.3. The van der Waals surface area contributed by atoms with E-state index in [9.17, 15) is 4.79 Å². The number of hydrogen-bond acceptors (Lipinski definition) is 4. The Labute approximate surface area is 164 Å². The summed E-state index contributed by atoms with van der Waals surface area (Å²) in [4.78, 5) is 23.3. The first-order valence-electron chi connectivity index (χ1n) is 9.38. The Morgan fingerprint density at radius 1 is 1.15 bits per heavy atom. The number of carbonyl (C=O) groups is 1. The standard InChI is InChI=1S/C20H25N5OS/c1-21-20(24-12-10-23(11-13-24)19-7-4-14-27-19)22-8-9-25-17-6-3-2-5-16(17)15-18(25)26/h2-7,14H,8-13,15H2,1H3,(H,21,22). The molecule has 1 amide bonds. The van der Waals surface area contributed by atoms with Crippen LogP contribution in [0.4, 0.5) is 10.7 Å². The highest BCUT2D eigenvalue weighted by molar-refractivity contribution is 7.14. The fraction of sp³-hybridized carbons (Fsp3) is 0.400. The number of aliphatic imine (C=N–C) groups is 1. The molecule has 0 spiro atoms. The Morgan fingerprint density at radius 2 is 1.96 bits per heavy atom. The van der Waals surface area contributed by atoms with Crippen LogP contribution in [0.15, 0.2) is 46.8 Å². The third-order valence-corrected chi connectivity index (χ3v) is 6.08. The Hall–Kier alpha value is -2.54. The van der Waals surface area contributed by atoms with Crippen LogP contribution in [0.1, 0.15) is 5.56 Å². The summed E-state index contributed by atoms with van der Waals surface area (Å²) < 4.78 is 0. The third kappa shape index (κ3) is 3.78. The maximum atomic E-state index is 12.3. The molecule has 1 saturated heterocycles. The van der Waals surface area contributed by atoms with E-state index in [1.54, 1.807) is 11.3 Å². The van der Waals surface area contributed by atoms with Crippen molar-refractivity contribution in [3.63, 3.8) is 0 Å². The monoisotopic (exact) mass is 383 g/mol. The van der Waals surface area contributed by atoms with Gasteiger partial charge in [0.2, 0.25) is 5.91 Å². The topological polar surface area (TPSA) is 51.2 Å². The predicted molar refractivity (Wildman–Crippen MR) is 112 cm³/mol. The lowest BCUT2D eigenvalue weighted by molar-refractivity contribution is -0.117. The summed E-state index contributed by atoms with van der Waals surface area (Å²) in [6.07, 6.45) is 0.510. The number of fused-ring (bicyclic) bond motifs is 1. The van der Waals surface area contributed by atoms with Gasteiger partial charge in [0.1, 0.15) is 0 Å². The molecule has 4 rings (SSSR count). The highest BCUT2D eigenvalue weighted by Crippen LogP contribution is 2.27. The zero-order chi connectivity index (χ0) is 18.6. The molecule has 3 heterocycles. The molecule has 2 aliphatic heterocycles. The number of thiophene rings is 1. The molecule has 1 N–H and O–H groups in total. The second-order valence-electron chi connectivity index (χ2n) is 6.75. The summed E-state index contributed by atoms with van der Waals surface area (Å²) in [5.41, 5.74) is 2.17. The Bertz CT molecular complexity index is 812. The molecule has 0 unspecified atom stereocenters. The zero-order valence-electron chi connectivity index (χ0n) is 15.6. The quantitative estimate of drug-likeness (QED) is 0.648. The molecule has 0 radical (unpaired) electrons. The Morgan fingerprint density at radius 3 is 2.70 bits per heavy atom. The van der Waals surface area contributed by atoms with Crippen molar-refractivity contribution in [1.29, 1.82) is 0 Å². The number of anilines is 2. The fourth-order valence-electron chi connectivity index (χ4n) is 3.76. The number of benzene rings is 1. The number of nitrogens with one attached hydrogen (secondary N) is 1.